The summed E-state index contributed by atoms with van der Waals surface area (Å²) in [6.07, 6.45) is -0.188. The molecule has 0 bridgehead atoms. The molecule has 0 fully saturated rings. The molecule has 0 spiro atoms. The van der Waals surface area contributed by atoms with Gasteiger partial charge in [0.2, 0.25) is 10.0 Å². The van der Waals surface area contributed by atoms with Crippen molar-refractivity contribution in [2.45, 2.75) is 31.2 Å². The molecule has 8 heteroatoms. The van der Waals surface area contributed by atoms with Gasteiger partial charge in [0.1, 0.15) is 5.75 Å². The third kappa shape index (κ3) is 5.64. The van der Waals surface area contributed by atoms with Crippen molar-refractivity contribution in [1.82, 2.24) is 4.72 Å². The van der Waals surface area contributed by atoms with Gasteiger partial charge in [-0.2, -0.15) is 0 Å². The number of hydrogen-bond donors (Lipinski definition) is 1. The van der Waals surface area contributed by atoms with Crippen LogP contribution in [0.2, 0.25) is 0 Å². The van der Waals surface area contributed by atoms with Crippen LogP contribution >= 0.6 is 0 Å². The summed E-state index contributed by atoms with van der Waals surface area (Å²) >= 11 is 0. The average Bonchev–Trinajstić information content (AvgIpc) is 2.67. The first-order valence-corrected chi connectivity index (χ1v) is 10.2. The Hall–Kier alpha value is -2.71. The van der Waals surface area contributed by atoms with E-state index in [9.17, 15) is 18.0 Å². The van der Waals surface area contributed by atoms with E-state index < -0.39 is 22.0 Å². The van der Waals surface area contributed by atoms with Crippen LogP contribution in [0.15, 0.2) is 53.4 Å². The summed E-state index contributed by atoms with van der Waals surface area (Å²) in [6, 6.07) is 11.6. The minimum Gasteiger partial charge on any atom is -0.497 e. The topological polar surface area (TPSA) is 98.8 Å². The highest BCUT2D eigenvalue weighted by molar-refractivity contribution is 7.89. The molecule has 150 valence electrons. The lowest BCUT2D eigenvalue weighted by Crippen LogP contribution is -2.31. The van der Waals surface area contributed by atoms with Crippen molar-refractivity contribution in [2.75, 3.05) is 13.7 Å². The Morgan fingerprint density at radius 2 is 1.82 bits per heavy atom. The van der Waals surface area contributed by atoms with Crippen LogP contribution in [0.3, 0.4) is 0 Å². The number of esters is 1. The SMILES string of the molecule is CCOC(=O)CC(NS(=O)(=O)c1cccc(C(C)=O)c1)c1cccc(OC)c1. The molecule has 7 nitrogen and oxygen atoms in total. The molecule has 0 aliphatic rings. The number of carbonyl (C=O) groups excluding carboxylic acids is 2. The summed E-state index contributed by atoms with van der Waals surface area (Å²) in [5.41, 5.74) is 0.838. The van der Waals surface area contributed by atoms with Crippen LogP contribution in [0.5, 0.6) is 5.75 Å². The number of methoxy groups -OCH3 is 1. The van der Waals surface area contributed by atoms with E-state index in [0.29, 0.717) is 11.3 Å². The first-order valence-electron chi connectivity index (χ1n) is 8.69. The van der Waals surface area contributed by atoms with Gasteiger partial charge in [-0.1, -0.05) is 24.3 Å². The Morgan fingerprint density at radius 1 is 1.11 bits per heavy atom. The zero-order valence-electron chi connectivity index (χ0n) is 16.0. The molecule has 0 aromatic heterocycles. The molecule has 0 aliphatic carbocycles. The van der Waals surface area contributed by atoms with E-state index in [1.807, 2.05) is 0 Å². The van der Waals surface area contributed by atoms with Gasteiger partial charge in [0.15, 0.2) is 5.78 Å². The van der Waals surface area contributed by atoms with Gasteiger partial charge < -0.3 is 9.47 Å². The van der Waals surface area contributed by atoms with Crippen molar-refractivity contribution >= 4 is 21.8 Å². The van der Waals surface area contributed by atoms with E-state index in [2.05, 4.69) is 4.72 Å². The molecular weight excluding hydrogens is 382 g/mol. The second-order valence-corrected chi connectivity index (χ2v) is 7.76. The van der Waals surface area contributed by atoms with Gasteiger partial charge in [-0.25, -0.2) is 13.1 Å². The number of nitrogens with one attached hydrogen (secondary N) is 1. The zero-order valence-corrected chi connectivity index (χ0v) is 16.8. The molecule has 0 heterocycles. The van der Waals surface area contributed by atoms with Crippen LogP contribution in [-0.4, -0.2) is 33.9 Å². The van der Waals surface area contributed by atoms with E-state index in [-0.39, 0.29) is 29.3 Å². The first-order chi connectivity index (χ1) is 13.3. The molecule has 0 amide bonds. The highest BCUT2D eigenvalue weighted by Crippen LogP contribution is 2.25. The summed E-state index contributed by atoms with van der Waals surface area (Å²) < 4.78 is 38.4. The van der Waals surface area contributed by atoms with E-state index in [4.69, 9.17) is 9.47 Å². The number of rotatable bonds is 9. The van der Waals surface area contributed by atoms with E-state index in [1.54, 1.807) is 37.3 Å². The largest absolute Gasteiger partial charge is 0.497 e. The molecule has 28 heavy (non-hydrogen) atoms. The van der Waals surface area contributed by atoms with Gasteiger partial charge >= 0.3 is 5.97 Å². The average molecular weight is 405 g/mol. The maximum atomic E-state index is 12.9. The van der Waals surface area contributed by atoms with Gasteiger partial charge in [-0.15, -0.1) is 0 Å². The van der Waals surface area contributed by atoms with Crippen molar-refractivity contribution in [3.63, 3.8) is 0 Å². The lowest BCUT2D eigenvalue weighted by Gasteiger charge is -2.19. The van der Waals surface area contributed by atoms with Crippen LogP contribution in [-0.2, 0) is 19.6 Å². The van der Waals surface area contributed by atoms with Gasteiger partial charge in [0.25, 0.3) is 0 Å². The van der Waals surface area contributed by atoms with Crippen molar-refractivity contribution in [3.05, 3.63) is 59.7 Å². The summed E-state index contributed by atoms with van der Waals surface area (Å²) in [5.74, 6) is -0.243. The minimum atomic E-state index is -3.99. The summed E-state index contributed by atoms with van der Waals surface area (Å²) in [4.78, 5) is 23.5. The standard InChI is InChI=1S/C20H23NO6S/c1-4-27-20(23)13-19(16-8-5-9-17(11-16)26-3)21-28(24,25)18-10-6-7-15(12-18)14(2)22/h5-12,19,21H,4,13H2,1-3H3. The Bertz CT molecular complexity index is 955. The molecule has 2 aromatic rings. The third-order valence-corrected chi connectivity index (χ3v) is 5.49. The molecule has 0 saturated carbocycles. The zero-order chi connectivity index (χ0) is 20.7. The molecule has 0 aliphatic heterocycles. The normalized spacial score (nSPS) is 12.2. The van der Waals surface area contributed by atoms with Crippen LogP contribution < -0.4 is 9.46 Å². The molecule has 0 saturated heterocycles. The maximum absolute atomic E-state index is 12.9. The third-order valence-electron chi connectivity index (χ3n) is 4.02. The molecule has 0 radical (unpaired) electrons. The number of Topliss-reactive ketones (excluding diaryl/α,β-unsaturated/α-hetero) is 1. The minimum absolute atomic E-state index is 0.0584. The fraction of sp³-hybridized carbons (Fsp3) is 0.300. The Kier molecular flexibility index (Phi) is 7.31. The fourth-order valence-electron chi connectivity index (χ4n) is 2.61. The lowest BCUT2D eigenvalue weighted by atomic mass is 10.0. The highest BCUT2D eigenvalue weighted by atomic mass is 32.2. The van der Waals surface area contributed by atoms with Crippen molar-refractivity contribution in [2.24, 2.45) is 0 Å². The molecular formula is C20H23NO6S. The first kappa shape index (κ1) is 21.6. The van der Waals surface area contributed by atoms with Crippen LogP contribution in [0.4, 0.5) is 0 Å². The fourth-order valence-corrected chi connectivity index (χ4v) is 3.88. The van der Waals surface area contributed by atoms with Crippen LogP contribution in [0.25, 0.3) is 0 Å². The number of ketones is 1. The molecule has 1 N–H and O–H groups in total. The van der Waals surface area contributed by atoms with Gasteiger partial charge in [0, 0.05) is 5.56 Å². The quantitative estimate of drug-likeness (QED) is 0.509. The van der Waals surface area contributed by atoms with Crippen molar-refractivity contribution < 1.29 is 27.5 Å². The number of benzene rings is 2. The van der Waals surface area contributed by atoms with Gasteiger partial charge in [0.05, 0.1) is 31.1 Å². The number of carbonyl (C=O) groups is 2. The molecule has 2 rings (SSSR count). The monoisotopic (exact) mass is 405 g/mol. The van der Waals surface area contributed by atoms with Crippen molar-refractivity contribution in [1.29, 1.82) is 0 Å². The second kappa shape index (κ2) is 9.48. The molecule has 1 unspecified atom stereocenters. The Balaban J connectivity index is 2.38. The second-order valence-electron chi connectivity index (χ2n) is 6.04. The summed E-state index contributed by atoms with van der Waals surface area (Å²) in [5, 5.41) is 0. The van der Waals surface area contributed by atoms with Crippen LogP contribution in [0.1, 0.15) is 42.2 Å². The van der Waals surface area contributed by atoms with Crippen molar-refractivity contribution in [3.8, 4) is 5.75 Å². The smallest absolute Gasteiger partial charge is 0.307 e. The number of hydrogen-bond acceptors (Lipinski definition) is 6. The van der Waals surface area contributed by atoms with Gasteiger partial charge in [-0.3, -0.25) is 9.59 Å². The molecule has 1 atom stereocenters. The maximum Gasteiger partial charge on any atom is 0.307 e. The predicted octanol–water partition coefficient (Wildman–Crippen LogP) is 2.87. The van der Waals surface area contributed by atoms with Crippen LogP contribution in [0, 0.1) is 0 Å². The predicted molar refractivity (Wildman–Crippen MR) is 104 cm³/mol. The van der Waals surface area contributed by atoms with E-state index >= 15 is 0 Å². The highest BCUT2D eigenvalue weighted by Gasteiger charge is 2.25. The summed E-state index contributed by atoms with van der Waals surface area (Å²) in [6.45, 7) is 3.23. The van der Waals surface area contributed by atoms with E-state index in [1.165, 1.54) is 32.2 Å². The van der Waals surface area contributed by atoms with E-state index in [0.717, 1.165) is 0 Å². The Morgan fingerprint density at radius 3 is 2.46 bits per heavy atom. The van der Waals surface area contributed by atoms with Gasteiger partial charge in [-0.05, 0) is 43.7 Å². The number of sulfonamides is 1. The number of ether oxygens (including phenoxy) is 2. The Labute approximate surface area is 164 Å². The lowest BCUT2D eigenvalue weighted by molar-refractivity contribution is -0.143. The summed E-state index contributed by atoms with van der Waals surface area (Å²) in [7, 11) is -2.50. The molecule has 2 aromatic carbocycles.